The number of aliphatic carboxylic acids is 1. The number of carboxylic acids is 1. The van der Waals surface area contributed by atoms with Crippen LogP contribution in [-0.2, 0) is 17.7 Å². The van der Waals surface area contributed by atoms with Gasteiger partial charge in [-0.2, -0.15) is 6.42 Å². The van der Waals surface area contributed by atoms with Crippen molar-refractivity contribution in [2.24, 2.45) is 0 Å². The summed E-state index contributed by atoms with van der Waals surface area (Å²) in [4.78, 5) is 9.00. The van der Waals surface area contributed by atoms with Crippen molar-refractivity contribution in [1.82, 2.24) is 0 Å². The molecule has 0 radical (unpaired) electrons. The Balaban J connectivity index is -0.000000125. The van der Waals surface area contributed by atoms with Gasteiger partial charge in [-0.25, -0.2) is 0 Å². The van der Waals surface area contributed by atoms with E-state index in [-0.39, 0.29) is 0 Å². The van der Waals surface area contributed by atoms with E-state index < -0.39 is 5.97 Å². The number of hydrogen-bond acceptors (Lipinski definition) is 1. The maximum absolute atomic E-state index is 9.00. The second kappa shape index (κ2) is 22.9. The molecule has 0 atom stereocenters. The van der Waals surface area contributed by atoms with Crippen LogP contribution in [0.2, 0.25) is 0 Å². The predicted octanol–water partition coefficient (Wildman–Crippen LogP) is 3.87. The number of carbonyl (C=O) groups is 1. The van der Waals surface area contributed by atoms with Gasteiger partial charge in [-0.1, -0.05) is 26.2 Å². The summed E-state index contributed by atoms with van der Waals surface area (Å²) in [6.07, 6.45) is 5.07. The Hall–Kier alpha value is 0.556. The Morgan fingerprint density at radius 2 is 1.77 bits per heavy atom. The Kier molecular flexibility index (Phi) is 33.8. The van der Waals surface area contributed by atoms with Crippen LogP contribution in [-0.4, -0.2) is 11.1 Å². The summed E-state index contributed by atoms with van der Waals surface area (Å²) in [6.45, 7) is 7.01. The summed E-state index contributed by atoms with van der Waals surface area (Å²) in [5, 5.41) is 7.42. The minimum absolute atomic E-state index is 0.382. The zero-order chi connectivity index (χ0) is 11.1. The van der Waals surface area contributed by atoms with Gasteiger partial charge in [0.2, 0.25) is 0 Å². The molecule has 0 amide bonds. The first-order valence-electron chi connectivity index (χ1n) is 3.89. The second-order valence-corrected chi connectivity index (χ2v) is 3.85. The second-order valence-electron chi connectivity index (χ2n) is 2.13. The van der Waals surface area contributed by atoms with Crippen molar-refractivity contribution in [2.75, 3.05) is 0 Å². The SMILES string of the molecule is CC(=O)O.[CH2-]CCCCC.[Cl][Co+][Cl]. The van der Waals surface area contributed by atoms with Crippen LogP contribution in [0.4, 0.5) is 0 Å². The summed E-state index contributed by atoms with van der Waals surface area (Å²) in [6, 6.07) is 0. The van der Waals surface area contributed by atoms with Crippen LogP contribution in [0.15, 0.2) is 0 Å². The molecule has 0 spiro atoms. The van der Waals surface area contributed by atoms with Crippen molar-refractivity contribution >= 4 is 26.3 Å². The molecule has 0 heterocycles. The fourth-order valence-corrected chi connectivity index (χ4v) is 0.427. The third-order valence-corrected chi connectivity index (χ3v) is 0.854. The van der Waals surface area contributed by atoms with E-state index in [1.807, 2.05) is 0 Å². The Bertz CT molecular complexity index is 84.2. The van der Waals surface area contributed by atoms with Crippen LogP contribution in [0.1, 0.15) is 39.5 Å². The topological polar surface area (TPSA) is 37.3 Å². The molecule has 0 fully saturated rings. The van der Waals surface area contributed by atoms with E-state index >= 15 is 0 Å². The number of unbranched alkanes of at least 4 members (excludes halogenated alkanes) is 3. The molecule has 0 aromatic heterocycles. The van der Waals surface area contributed by atoms with Crippen molar-refractivity contribution in [3.05, 3.63) is 6.92 Å². The van der Waals surface area contributed by atoms with E-state index in [9.17, 15) is 0 Å². The van der Waals surface area contributed by atoms with E-state index in [1.165, 1.54) is 19.3 Å². The Morgan fingerprint density at radius 3 is 1.85 bits per heavy atom. The summed E-state index contributed by atoms with van der Waals surface area (Å²) < 4.78 is 0. The van der Waals surface area contributed by atoms with E-state index in [0.717, 1.165) is 13.3 Å². The molecule has 0 aliphatic rings. The third-order valence-electron chi connectivity index (χ3n) is 0.854. The van der Waals surface area contributed by atoms with Crippen molar-refractivity contribution < 1.29 is 22.8 Å². The summed E-state index contributed by atoms with van der Waals surface area (Å²) in [7, 11) is 9.47. The molecule has 0 aliphatic carbocycles. The average Bonchev–Trinajstić information content (AvgIpc) is 2.01. The molecule has 1 N–H and O–H groups in total. The molecule has 0 aliphatic heterocycles. The summed E-state index contributed by atoms with van der Waals surface area (Å²) in [5.74, 6) is -0.833. The zero-order valence-electron chi connectivity index (χ0n) is 7.98. The Labute approximate surface area is 95.5 Å². The van der Waals surface area contributed by atoms with Crippen LogP contribution < -0.4 is 0 Å². The van der Waals surface area contributed by atoms with Crippen LogP contribution >= 0.6 is 20.3 Å². The molecule has 5 heteroatoms. The van der Waals surface area contributed by atoms with E-state index in [2.05, 4.69) is 13.8 Å². The molecule has 0 bridgehead atoms. The first-order chi connectivity index (χ1) is 6.06. The van der Waals surface area contributed by atoms with Crippen LogP contribution in [0.25, 0.3) is 0 Å². The van der Waals surface area contributed by atoms with Gasteiger partial charge >= 0.3 is 33.2 Å². The summed E-state index contributed by atoms with van der Waals surface area (Å²) >= 11 is 0.382. The van der Waals surface area contributed by atoms with Crippen LogP contribution in [0.5, 0.6) is 0 Å². The molecular formula is C8H17Cl2CoO2. The maximum atomic E-state index is 9.00. The fraction of sp³-hybridized carbons (Fsp3) is 0.750. The molecule has 0 rings (SSSR count). The number of rotatable bonds is 3. The van der Waals surface area contributed by atoms with Gasteiger partial charge in [-0.15, -0.1) is 0 Å². The molecule has 0 saturated carbocycles. The van der Waals surface area contributed by atoms with Gasteiger partial charge < -0.3 is 12.0 Å². The fourth-order valence-electron chi connectivity index (χ4n) is 0.427. The molecule has 0 aromatic carbocycles. The van der Waals surface area contributed by atoms with Gasteiger partial charge in [0.25, 0.3) is 5.97 Å². The van der Waals surface area contributed by atoms with Crippen LogP contribution in [0.3, 0.4) is 0 Å². The monoisotopic (exact) mass is 274 g/mol. The zero-order valence-corrected chi connectivity index (χ0v) is 10.5. The molecular weight excluding hydrogens is 258 g/mol. The van der Waals surface area contributed by atoms with Gasteiger partial charge in [0, 0.05) is 6.92 Å². The molecule has 0 saturated heterocycles. The average molecular weight is 275 g/mol. The van der Waals surface area contributed by atoms with Gasteiger partial charge in [0.15, 0.2) is 0 Å². The number of hydrogen-bond donors (Lipinski definition) is 1. The first kappa shape index (κ1) is 19.2. The number of halogens is 2. The van der Waals surface area contributed by atoms with Gasteiger partial charge in [-0.05, 0) is 0 Å². The molecule has 2 nitrogen and oxygen atoms in total. The standard InChI is InChI=1S/C6H13.C2H4O2.2ClH.Co/c1-3-5-6-4-2;1-2(3)4;;;/h1,3-6H2,2H3;1H3,(H,3,4);2*1H;/q-1;;;;+3/p-2. The molecule has 0 aromatic rings. The van der Waals surface area contributed by atoms with Gasteiger partial charge in [-0.3, -0.25) is 4.79 Å². The summed E-state index contributed by atoms with van der Waals surface area (Å²) in [5.41, 5.74) is 0. The first-order valence-corrected chi connectivity index (χ1v) is 6.75. The van der Waals surface area contributed by atoms with Crippen molar-refractivity contribution in [3.8, 4) is 0 Å². The van der Waals surface area contributed by atoms with Gasteiger partial charge in [0.05, 0.1) is 0 Å². The van der Waals surface area contributed by atoms with E-state index in [0.29, 0.717) is 12.9 Å². The quantitative estimate of drug-likeness (QED) is 0.627. The van der Waals surface area contributed by atoms with Crippen molar-refractivity contribution in [2.45, 2.75) is 39.5 Å². The molecule has 13 heavy (non-hydrogen) atoms. The van der Waals surface area contributed by atoms with Gasteiger partial charge in [0.1, 0.15) is 0 Å². The van der Waals surface area contributed by atoms with Crippen molar-refractivity contribution in [3.63, 3.8) is 0 Å². The predicted molar refractivity (Wildman–Crippen MR) is 54.5 cm³/mol. The molecule has 0 unspecified atom stereocenters. The van der Waals surface area contributed by atoms with Crippen LogP contribution in [0, 0.1) is 6.92 Å². The number of carboxylic acid groups (broad SMARTS) is 1. The minimum atomic E-state index is -0.833. The van der Waals surface area contributed by atoms with E-state index in [1.54, 1.807) is 0 Å². The third kappa shape index (κ3) is 111. The Morgan fingerprint density at radius 1 is 1.46 bits per heavy atom. The van der Waals surface area contributed by atoms with E-state index in [4.69, 9.17) is 30.2 Å². The normalized spacial score (nSPS) is 7.77. The van der Waals surface area contributed by atoms with Crippen molar-refractivity contribution in [1.29, 1.82) is 0 Å². The molecule has 84 valence electrons.